The molecule has 4 atom stereocenters. The van der Waals surface area contributed by atoms with Crippen molar-refractivity contribution in [2.75, 3.05) is 7.11 Å². The van der Waals surface area contributed by atoms with Gasteiger partial charge < -0.3 is 9.47 Å². The summed E-state index contributed by atoms with van der Waals surface area (Å²) in [5.41, 5.74) is -0.827. The third-order valence-electron chi connectivity index (χ3n) is 5.71. The van der Waals surface area contributed by atoms with Crippen molar-refractivity contribution in [2.24, 2.45) is 16.7 Å². The zero-order chi connectivity index (χ0) is 16.7. The summed E-state index contributed by atoms with van der Waals surface area (Å²) >= 11 is 0. The summed E-state index contributed by atoms with van der Waals surface area (Å²) in [5.74, 6) is -0.862. The fourth-order valence-electron chi connectivity index (χ4n) is 4.39. The molecule has 0 N–H and O–H groups in total. The molecule has 2 aliphatic rings. The molecular weight excluding hydrogens is 284 g/mol. The molecule has 2 aliphatic carbocycles. The normalized spacial score (nSPS) is 38.2. The number of esters is 2. The second-order valence-electron chi connectivity index (χ2n) is 6.82. The lowest BCUT2D eigenvalue weighted by atomic mass is 9.48. The summed E-state index contributed by atoms with van der Waals surface area (Å²) in [7, 11) is 1.34. The molecule has 0 spiro atoms. The van der Waals surface area contributed by atoms with Crippen LogP contribution in [0.3, 0.4) is 0 Å². The zero-order valence-corrected chi connectivity index (χ0v) is 13.7. The van der Waals surface area contributed by atoms with E-state index < -0.39 is 28.9 Å². The Labute approximate surface area is 131 Å². The van der Waals surface area contributed by atoms with Crippen LogP contribution in [0.4, 0.5) is 0 Å². The number of methoxy groups -OCH3 is 1. The third-order valence-corrected chi connectivity index (χ3v) is 5.71. The largest absolute Gasteiger partial charge is 0.468 e. The van der Waals surface area contributed by atoms with Gasteiger partial charge in [0.25, 0.3) is 0 Å². The molecule has 0 aromatic carbocycles. The van der Waals surface area contributed by atoms with Crippen molar-refractivity contribution >= 4 is 17.7 Å². The Kier molecular flexibility index (Phi) is 4.20. The average molecular weight is 308 g/mol. The van der Waals surface area contributed by atoms with Gasteiger partial charge in [0, 0.05) is 13.3 Å². The lowest BCUT2D eigenvalue weighted by Crippen LogP contribution is -2.59. The van der Waals surface area contributed by atoms with Gasteiger partial charge in [0.1, 0.15) is 11.5 Å². The van der Waals surface area contributed by atoms with E-state index in [0.717, 1.165) is 0 Å². The number of rotatable bonds is 2. The van der Waals surface area contributed by atoms with Gasteiger partial charge in [-0.3, -0.25) is 14.4 Å². The molecule has 2 unspecified atom stereocenters. The van der Waals surface area contributed by atoms with Crippen molar-refractivity contribution in [3.8, 4) is 0 Å². The van der Waals surface area contributed by atoms with E-state index in [9.17, 15) is 14.4 Å². The second kappa shape index (κ2) is 5.52. The first-order valence-corrected chi connectivity index (χ1v) is 7.66. The smallest absolute Gasteiger partial charge is 0.315 e. The molecular formula is C17H24O5. The molecule has 0 aromatic heterocycles. The molecule has 5 nitrogen and oxygen atoms in total. The average Bonchev–Trinajstić information content (AvgIpc) is 2.46. The lowest BCUT2D eigenvalue weighted by Gasteiger charge is -2.55. The van der Waals surface area contributed by atoms with Gasteiger partial charge in [-0.1, -0.05) is 13.5 Å². The summed E-state index contributed by atoms with van der Waals surface area (Å²) in [4.78, 5) is 36.0. The molecule has 0 saturated heterocycles. The predicted molar refractivity (Wildman–Crippen MR) is 79.9 cm³/mol. The highest BCUT2D eigenvalue weighted by Crippen LogP contribution is 2.59. The molecule has 0 aromatic rings. The zero-order valence-electron chi connectivity index (χ0n) is 13.7. The Hall–Kier alpha value is -1.65. The number of ether oxygens (including phenoxy) is 2. The van der Waals surface area contributed by atoms with Crippen LogP contribution in [0.5, 0.6) is 0 Å². The van der Waals surface area contributed by atoms with E-state index >= 15 is 0 Å². The van der Waals surface area contributed by atoms with Crippen molar-refractivity contribution in [3.63, 3.8) is 0 Å². The van der Waals surface area contributed by atoms with E-state index in [4.69, 9.17) is 9.47 Å². The number of ketones is 1. The summed E-state index contributed by atoms with van der Waals surface area (Å²) < 4.78 is 10.4. The fourth-order valence-corrected chi connectivity index (χ4v) is 4.39. The van der Waals surface area contributed by atoms with Crippen LogP contribution in [0.25, 0.3) is 0 Å². The Morgan fingerprint density at radius 1 is 1.27 bits per heavy atom. The highest BCUT2D eigenvalue weighted by Gasteiger charge is 2.62. The summed E-state index contributed by atoms with van der Waals surface area (Å²) in [6, 6.07) is 0. The number of Topliss-reactive ketones (excluding diaryl/α,β-unsaturated/α-hetero) is 1. The number of hydrogen-bond donors (Lipinski definition) is 0. The SMILES string of the molecule is C=C1C(=O)CCC2C(C)(C(=O)OC)[C@@H](OC(C)=O)CC[C@]12C. The molecule has 122 valence electrons. The van der Waals surface area contributed by atoms with Gasteiger partial charge in [0.2, 0.25) is 0 Å². The van der Waals surface area contributed by atoms with Crippen LogP contribution < -0.4 is 0 Å². The molecule has 2 saturated carbocycles. The van der Waals surface area contributed by atoms with Crippen molar-refractivity contribution in [2.45, 2.75) is 52.6 Å². The third kappa shape index (κ3) is 2.27. The van der Waals surface area contributed by atoms with Crippen LogP contribution in [-0.4, -0.2) is 30.9 Å². The fraction of sp³-hybridized carbons (Fsp3) is 0.706. The van der Waals surface area contributed by atoms with E-state index in [-0.39, 0.29) is 11.7 Å². The predicted octanol–water partition coefficient (Wildman–Crippen LogP) is 2.43. The van der Waals surface area contributed by atoms with Gasteiger partial charge in [0.05, 0.1) is 7.11 Å². The molecule has 2 rings (SSSR count). The molecule has 0 heterocycles. The standard InChI is InChI=1S/C17H24O5/c1-10-12(19)6-7-13-16(10,3)9-8-14(22-11(2)18)17(13,4)15(20)21-5/h13-14H,1,6-9H2,2-5H3/t13?,14-,16+,17?/m0/s1. The number of allylic oxidation sites excluding steroid dienone is 1. The molecule has 2 fully saturated rings. The maximum absolute atomic E-state index is 12.5. The molecule has 0 bridgehead atoms. The first kappa shape index (κ1) is 16.7. The lowest BCUT2D eigenvalue weighted by molar-refractivity contribution is -0.190. The van der Waals surface area contributed by atoms with Gasteiger partial charge in [-0.05, 0) is 43.1 Å². The molecule has 0 aliphatic heterocycles. The number of fused-ring (bicyclic) bond motifs is 1. The van der Waals surface area contributed by atoms with Crippen molar-refractivity contribution in [1.82, 2.24) is 0 Å². The maximum Gasteiger partial charge on any atom is 0.315 e. The highest BCUT2D eigenvalue weighted by molar-refractivity contribution is 5.97. The van der Waals surface area contributed by atoms with Crippen LogP contribution >= 0.6 is 0 Å². The van der Waals surface area contributed by atoms with Crippen LogP contribution in [0.2, 0.25) is 0 Å². The number of carbonyl (C=O) groups is 3. The molecule has 0 radical (unpaired) electrons. The van der Waals surface area contributed by atoms with E-state index in [2.05, 4.69) is 6.58 Å². The highest BCUT2D eigenvalue weighted by atomic mass is 16.6. The Morgan fingerprint density at radius 3 is 2.45 bits per heavy atom. The second-order valence-corrected chi connectivity index (χ2v) is 6.82. The molecule has 0 amide bonds. The van der Waals surface area contributed by atoms with Crippen molar-refractivity contribution in [3.05, 3.63) is 12.2 Å². The van der Waals surface area contributed by atoms with Crippen molar-refractivity contribution < 1.29 is 23.9 Å². The first-order valence-electron chi connectivity index (χ1n) is 7.66. The van der Waals surface area contributed by atoms with Crippen molar-refractivity contribution in [1.29, 1.82) is 0 Å². The first-order chi connectivity index (χ1) is 10.2. The number of hydrogen-bond acceptors (Lipinski definition) is 5. The van der Waals surface area contributed by atoms with Crippen LogP contribution in [0.15, 0.2) is 12.2 Å². The monoisotopic (exact) mass is 308 g/mol. The topological polar surface area (TPSA) is 69.7 Å². The summed E-state index contributed by atoms with van der Waals surface area (Å²) in [6.07, 6.45) is 1.62. The summed E-state index contributed by atoms with van der Waals surface area (Å²) in [5, 5.41) is 0. The van der Waals surface area contributed by atoms with E-state index in [1.807, 2.05) is 6.92 Å². The maximum atomic E-state index is 12.5. The van der Waals surface area contributed by atoms with Gasteiger partial charge in [-0.15, -0.1) is 0 Å². The minimum atomic E-state index is -0.961. The van der Waals surface area contributed by atoms with Gasteiger partial charge in [-0.25, -0.2) is 0 Å². The number of carbonyl (C=O) groups excluding carboxylic acids is 3. The van der Waals surface area contributed by atoms with E-state index in [1.54, 1.807) is 6.92 Å². The minimum Gasteiger partial charge on any atom is -0.468 e. The van der Waals surface area contributed by atoms with Crippen LogP contribution in [0.1, 0.15) is 46.5 Å². The molecule has 5 heteroatoms. The summed E-state index contributed by atoms with van der Waals surface area (Å²) in [6.45, 7) is 9.10. The Morgan fingerprint density at radius 2 is 1.91 bits per heavy atom. The van der Waals surface area contributed by atoms with E-state index in [0.29, 0.717) is 31.3 Å². The Balaban J connectivity index is 2.48. The van der Waals surface area contributed by atoms with E-state index in [1.165, 1.54) is 14.0 Å². The van der Waals surface area contributed by atoms with Gasteiger partial charge in [-0.2, -0.15) is 0 Å². The van der Waals surface area contributed by atoms with Gasteiger partial charge in [0.15, 0.2) is 5.78 Å². The minimum absolute atomic E-state index is 0.0666. The van der Waals surface area contributed by atoms with Gasteiger partial charge >= 0.3 is 11.9 Å². The Bertz CT molecular complexity index is 537. The van der Waals surface area contributed by atoms with Crippen LogP contribution in [-0.2, 0) is 23.9 Å². The molecule has 22 heavy (non-hydrogen) atoms. The quantitative estimate of drug-likeness (QED) is 0.579. The van der Waals surface area contributed by atoms with Crippen LogP contribution in [0, 0.1) is 16.7 Å².